The van der Waals surface area contributed by atoms with E-state index in [0.717, 1.165) is 54.7 Å². The van der Waals surface area contributed by atoms with Crippen molar-refractivity contribution in [2.45, 2.75) is 57.7 Å². The Kier molecular flexibility index (Phi) is 8.99. The molecule has 6 nitrogen and oxygen atoms in total. The van der Waals surface area contributed by atoms with Crippen LogP contribution < -0.4 is 19.7 Å². The van der Waals surface area contributed by atoms with Crippen LogP contribution in [0.5, 0.6) is 11.5 Å². The molecule has 40 heavy (non-hydrogen) atoms. The maximum absolute atomic E-state index is 13.8. The van der Waals surface area contributed by atoms with Gasteiger partial charge in [-0.15, -0.1) is 0 Å². The van der Waals surface area contributed by atoms with Crippen LogP contribution in [-0.2, 0) is 11.2 Å². The predicted molar refractivity (Wildman–Crippen MR) is 162 cm³/mol. The molecule has 0 bridgehead atoms. The van der Waals surface area contributed by atoms with Crippen molar-refractivity contribution < 1.29 is 14.3 Å². The van der Waals surface area contributed by atoms with Crippen molar-refractivity contribution in [3.05, 3.63) is 87.9 Å². The summed E-state index contributed by atoms with van der Waals surface area (Å²) >= 11 is 6.26. The Morgan fingerprint density at radius 2 is 1.75 bits per heavy atom. The molecule has 0 aromatic heterocycles. The molecule has 1 saturated heterocycles. The van der Waals surface area contributed by atoms with Crippen LogP contribution in [-0.4, -0.2) is 50.7 Å². The lowest BCUT2D eigenvalue weighted by atomic mass is 9.86. The van der Waals surface area contributed by atoms with Crippen LogP contribution in [0.4, 0.5) is 5.69 Å². The van der Waals surface area contributed by atoms with Crippen molar-refractivity contribution in [1.29, 1.82) is 0 Å². The molecule has 2 heterocycles. The summed E-state index contributed by atoms with van der Waals surface area (Å²) < 4.78 is 11.7. The van der Waals surface area contributed by atoms with Crippen molar-refractivity contribution >= 4 is 23.2 Å². The molecule has 1 amide bonds. The molecule has 3 aromatic rings. The molecule has 2 aliphatic heterocycles. The van der Waals surface area contributed by atoms with Gasteiger partial charge < -0.3 is 19.7 Å². The van der Waals surface area contributed by atoms with Crippen molar-refractivity contribution in [2.24, 2.45) is 0 Å². The van der Waals surface area contributed by atoms with Crippen LogP contribution in [0.25, 0.3) is 0 Å². The molecule has 2 unspecified atom stereocenters. The smallest absolute Gasteiger partial charge is 0.232 e. The highest BCUT2D eigenvalue weighted by Crippen LogP contribution is 2.44. The van der Waals surface area contributed by atoms with Crippen LogP contribution in [0.1, 0.15) is 67.4 Å². The first kappa shape index (κ1) is 28.5. The number of halogens is 1. The van der Waals surface area contributed by atoms with Crippen molar-refractivity contribution in [3.63, 3.8) is 0 Å². The normalized spacial score (nSPS) is 18.5. The van der Waals surface area contributed by atoms with E-state index in [1.54, 1.807) is 7.11 Å². The lowest BCUT2D eigenvalue weighted by Gasteiger charge is -2.39. The van der Waals surface area contributed by atoms with Crippen molar-refractivity contribution in [3.8, 4) is 11.5 Å². The van der Waals surface area contributed by atoms with E-state index in [4.69, 9.17) is 21.1 Å². The zero-order valence-electron chi connectivity index (χ0n) is 24.0. The number of amides is 1. The maximum Gasteiger partial charge on any atom is 0.232 e. The van der Waals surface area contributed by atoms with E-state index < -0.39 is 0 Å². The van der Waals surface area contributed by atoms with Gasteiger partial charge in [0.05, 0.1) is 26.2 Å². The number of carbonyl (C=O) groups is 1. The number of ether oxygens (including phenoxy) is 2. The maximum atomic E-state index is 13.8. The molecular formula is C33H40ClN3O3. The Morgan fingerprint density at radius 3 is 2.40 bits per heavy atom. The fourth-order valence-corrected chi connectivity index (χ4v) is 6.11. The van der Waals surface area contributed by atoms with Gasteiger partial charge in [-0.05, 0) is 105 Å². The molecule has 2 aliphatic rings. The number of rotatable bonds is 9. The Hall–Kier alpha value is -3.06. The summed E-state index contributed by atoms with van der Waals surface area (Å²) in [4.78, 5) is 18.2. The second-order valence-electron chi connectivity index (χ2n) is 10.9. The van der Waals surface area contributed by atoms with E-state index in [1.165, 1.54) is 5.56 Å². The molecule has 0 saturated carbocycles. The van der Waals surface area contributed by atoms with E-state index in [-0.39, 0.29) is 18.0 Å². The molecule has 212 valence electrons. The number of nitrogens with zero attached hydrogens (tertiary/aromatic N) is 2. The third-order valence-electron chi connectivity index (χ3n) is 8.39. The van der Waals surface area contributed by atoms with E-state index in [2.05, 4.69) is 55.4 Å². The van der Waals surface area contributed by atoms with Crippen molar-refractivity contribution in [2.75, 3.05) is 38.8 Å². The van der Waals surface area contributed by atoms with Gasteiger partial charge in [0.2, 0.25) is 5.91 Å². The molecule has 0 spiro atoms. The van der Waals surface area contributed by atoms with Crippen LogP contribution in [0.15, 0.2) is 60.7 Å². The molecule has 0 radical (unpaired) electrons. The fourth-order valence-electron chi connectivity index (χ4n) is 5.99. The predicted octanol–water partition coefficient (Wildman–Crippen LogP) is 6.56. The molecule has 2 atom stereocenters. The minimum absolute atomic E-state index is 0.0457. The largest absolute Gasteiger partial charge is 0.493 e. The summed E-state index contributed by atoms with van der Waals surface area (Å²) in [5, 5.41) is 4.12. The van der Waals surface area contributed by atoms with Gasteiger partial charge in [0.1, 0.15) is 0 Å². The summed E-state index contributed by atoms with van der Waals surface area (Å²) in [6, 6.07) is 20.8. The number of methoxy groups -OCH3 is 1. The average molecular weight is 562 g/mol. The first-order valence-corrected chi connectivity index (χ1v) is 14.7. The fraction of sp³-hybridized carbons (Fsp3) is 0.424. The molecule has 5 rings (SSSR count). The molecule has 0 aliphatic carbocycles. The second-order valence-corrected chi connectivity index (χ2v) is 11.3. The number of hydrogen-bond acceptors (Lipinski definition) is 5. The number of carbonyl (C=O) groups excluding carboxylic acids is 1. The van der Waals surface area contributed by atoms with Gasteiger partial charge in [0.25, 0.3) is 0 Å². The van der Waals surface area contributed by atoms with Crippen LogP contribution in [0.2, 0.25) is 5.02 Å². The molecule has 3 aromatic carbocycles. The monoisotopic (exact) mass is 561 g/mol. The zero-order valence-corrected chi connectivity index (χ0v) is 24.7. The van der Waals surface area contributed by atoms with E-state index in [9.17, 15) is 4.79 Å². The SMILES string of the molecule is CCCOc1cc2c(cc1OC)CC(=O)N(c1ccc(C(C)N(C)C3CCNCC3)cc1)C2c1ccc(Cl)cc1. The van der Waals surface area contributed by atoms with E-state index in [0.29, 0.717) is 35.6 Å². The van der Waals surface area contributed by atoms with Crippen LogP contribution >= 0.6 is 11.6 Å². The summed E-state index contributed by atoms with van der Waals surface area (Å²) in [5.74, 6) is 1.39. The third kappa shape index (κ3) is 5.85. The van der Waals surface area contributed by atoms with Gasteiger partial charge in [-0.1, -0.05) is 42.8 Å². The molecule has 1 N–H and O–H groups in total. The number of anilines is 1. The standard InChI is InChI=1S/C33H40ClN3O3/c1-5-18-40-31-21-29-25(19-30(31)39-4)20-32(38)37(33(29)24-6-10-26(34)11-7-24)28-12-8-23(9-13-28)22(2)36(3)27-14-16-35-17-15-27/h6-13,19,21-22,27,33,35H,5,14-18,20H2,1-4H3. The molecule has 1 fully saturated rings. The minimum Gasteiger partial charge on any atom is -0.493 e. The topological polar surface area (TPSA) is 54.0 Å². The first-order chi connectivity index (χ1) is 19.4. The second kappa shape index (κ2) is 12.6. The highest BCUT2D eigenvalue weighted by atomic mass is 35.5. The summed E-state index contributed by atoms with van der Waals surface area (Å²) in [5.41, 5.74) is 5.11. The Bertz CT molecular complexity index is 1310. The van der Waals surface area contributed by atoms with Crippen LogP contribution in [0, 0.1) is 0 Å². The van der Waals surface area contributed by atoms with E-state index in [1.807, 2.05) is 41.3 Å². The average Bonchev–Trinajstić information content (AvgIpc) is 2.99. The zero-order chi connectivity index (χ0) is 28.2. The lowest BCUT2D eigenvalue weighted by Crippen LogP contribution is -2.42. The van der Waals surface area contributed by atoms with Crippen LogP contribution in [0.3, 0.4) is 0 Å². The Balaban J connectivity index is 1.52. The highest BCUT2D eigenvalue weighted by Gasteiger charge is 2.36. The Labute approximate surface area is 243 Å². The number of benzene rings is 3. The number of nitrogens with one attached hydrogen (secondary N) is 1. The highest BCUT2D eigenvalue weighted by molar-refractivity contribution is 6.30. The van der Waals surface area contributed by atoms with Gasteiger partial charge in [-0.2, -0.15) is 0 Å². The first-order valence-electron chi connectivity index (χ1n) is 14.3. The van der Waals surface area contributed by atoms with Gasteiger partial charge in [-0.3, -0.25) is 9.69 Å². The number of fused-ring (bicyclic) bond motifs is 1. The Morgan fingerprint density at radius 1 is 1.05 bits per heavy atom. The lowest BCUT2D eigenvalue weighted by molar-refractivity contribution is -0.118. The minimum atomic E-state index is -0.316. The van der Waals surface area contributed by atoms with Gasteiger partial charge >= 0.3 is 0 Å². The van der Waals surface area contributed by atoms with Gasteiger partial charge in [0.15, 0.2) is 11.5 Å². The molecular weight excluding hydrogens is 522 g/mol. The molecule has 7 heteroatoms. The van der Waals surface area contributed by atoms with E-state index >= 15 is 0 Å². The van der Waals surface area contributed by atoms with Crippen molar-refractivity contribution in [1.82, 2.24) is 10.2 Å². The quantitative estimate of drug-likeness (QED) is 0.320. The summed E-state index contributed by atoms with van der Waals surface area (Å²) in [6.07, 6.45) is 3.51. The van der Waals surface area contributed by atoms with Gasteiger partial charge in [-0.25, -0.2) is 0 Å². The van der Waals surface area contributed by atoms with Gasteiger partial charge in [0, 0.05) is 22.8 Å². The summed E-state index contributed by atoms with van der Waals surface area (Å²) in [7, 11) is 3.86. The third-order valence-corrected chi connectivity index (χ3v) is 8.64. The summed E-state index contributed by atoms with van der Waals surface area (Å²) in [6.45, 7) is 7.08. The number of hydrogen-bond donors (Lipinski definition) is 1. The number of piperidine rings is 1.